The third-order valence-corrected chi connectivity index (χ3v) is 4.70. The normalized spacial score (nSPS) is 10.6. The summed E-state index contributed by atoms with van der Waals surface area (Å²) in [5.41, 5.74) is 4.57. The first kappa shape index (κ1) is 22.8. The highest BCUT2D eigenvalue weighted by atomic mass is 35.5. The van der Waals surface area contributed by atoms with Gasteiger partial charge < -0.3 is 14.8 Å². The van der Waals surface area contributed by atoms with E-state index in [1.165, 1.54) is 6.21 Å². The molecule has 0 saturated heterocycles. The molecule has 3 rings (SSSR count). The van der Waals surface area contributed by atoms with Crippen LogP contribution in [0.1, 0.15) is 17.5 Å². The molecule has 0 spiro atoms. The maximum absolute atomic E-state index is 12.0. The average Bonchev–Trinajstić information content (AvgIpc) is 2.80. The van der Waals surface area contributed by atoms with Crippen LogP contribution in [0.15, 0.2) is 77.9 Å². The lowest BCUT2D eigenvalue weighted by atomic mass is 10.2. The highest BCUT2D eigenvalue weighted by Crippen LogP contribution is 2.19. The molecule has 0 bridgehead atoms. The molecule has 0 fully saturated rings. The van der Waals surface area contributed by atoms with Gasteiger partial charge in [0.2, 0.25) is 11.8 Å². The minimum atomic E-state index is -0.521. The lowest BCUT2D eigenvalue weighted by Gasteiger charge is -2.07. The van der Waals surface area contributed by atoms with E-state index >= 15 is 0 Å². The Balaban J connectivity index is 1.42. The first-order valence-corrected chi connectivity index (χ1v) is 10.1. The summed E-state index contributed by atoms with van der Waals surface area (Å²) in [6, 6.07) is 21.5. The molecular formula is C24H22ClN3O4. The lowest BCUT2D eigenvalue weighted by Crippen LogP contribution is -2.24. The Bertz CT molecular complexity index is 1080. The number of methoxy groups -OCH3 is 1. The zero-order chi connectivity index (χ0) is 22.8. The summed E-state index contributed by atoms with van der Waals surface area (Å²) in [5, 5.41) is 7.17. The molecule has 3 aromatic carbocycles. The van der Waals surface area contributed by atoms with Crippen molar-refractivity contribution in [3.05, 3.63) is 88.9 Å². The fourth-order valence-electron chi connectivity index (χ4n) is 2.67. The molecule has 0 saturated carbocycles. The van der Waals surface area contributed by atoms with Gasteiger partial charge in [-0.05, 0) is 60.2 Å². The van der Waals surface area contributed by atoms with Gasteiger partial charge in [-0.15, -0.1) is 0 Å². The molecule has 0 aliphatic carbocycles. The van der Waals surface area contributed by atoms with Crippen molar-refractivity contribution in [3.8, 4) is 11.5 Å². The predicted octanol–water partition coefficient (Wildman–Crippen LogP) is 4.41. The predicted molar refractivity (Wildman–Crippen MR) is 124 cm³/mol. The summed E-state index contributed by atoms with van der Waals surface area (Å²) in [7, 11) is 1.56. The molecule has 2 amide bonds. The number of carbonyl (C=O) groups is 2. The fourth-order valence-corrected chi connectivity index (χ4v) is 2.86. The van der Waals surface area contributed by atoms with Gasteiger partial charge in [-0.25, -0.2) is 5.43 Å². The summed E-state index contributed by atoms with van der Waals surface area (Å²) >= 11 is 6.12. The van der Waals surface area contributed by atoms with Crippen LogP contribution < -0.4 is 20.2 Å². The van der Waals surface area contributed by atoms with Crippen molar-refractivity contribution in [2.24, 2.45) is 5.10 Å². The number of halogens is 1. The molecule has 0 radical (unpaired) electrons. The van der Waals surface area contributed by atoms with Crippen molar-refractivity contribution >= 4 is 35.3 Å². The van der Waals surface area contributed by atoms with E-state index in [1.54, 1.807) is 55.6 Å². The molecule has 8 heteroatoms. The molecule has 0 atom stereocenters. The average molecular weight is 452 g/mol. The quantitative estimate of drug-likeness (QED) is 0.286. The SMILES string of the molecule is COc1ccc(NC(=O)CC(=O)NN=Cc2ccc(OCc3ccccc3Cl)cc2)cc1. The van der Waals surface area contributed by atoms with Crippen molar-refractivity contribution < 1.29 is 19.1 Å². The van der Waals surface area contributed by atoms with Gasteiger partial charge in [0.05, 0.1) is 13.3 Å². The van der Waals surface area contributed by atoms with E-state index in [1.807, 2.05) is 24.3 Å². The number of hydrogen-bond donors (Lipinski definition) is 2. The highest BCUT2D eigenvalue weighted by Gasteiger charge is 2.09. The van der Waals surface area contributed by atoms with Gasteiger partial charge in [0, 0.05) is 16.3 Å². The minimum Gasteiger partial charge on any atom is -0.497 e. The van der Waals surface area contributed by atoms with E-state index in [2.05, 4.69) is 15.8 Å². The Morgan fingerprint density at radius 3 is 2.31 bits per heavy atom. The molecule has 0 heterocycles. The number of hydrogen-bond acceptors (Lipinski definition) is 5. The van der Waals surface area contributed by atoms with Crippen LogP contribution in [0.4, 0.5) is 5.69 Å². The van der Waals surface area contributed by atoms with Crippen molar-refractivity contribution in [2.75, 3.05) is 12.4 Å². The third-order valence-electron chi connectivity index (χ3n) is 4.33. The first-order chi connectivity index (χ1) is 15.5. The van der Waals surface area contributed by atoms with E-state index in [9.17, 15) is 9.59 Å². The number of nitrogens with one attached hydrogen (secondary N) is 2. The number of hydrazone groups is 1. The lowest BCUT2D eigenvalue weighted by molar-refractivity contribution is -0.126. The van der Waals surface area contributed by atoms with Crippen molar-refractivity contribution in [1.29, 1.82) is 0 Å². The Morgan fingerprint density at radius 2 is 1.62 bits per heavy atom. The smallest absolute Gasteiger partial charge is 0.249 e. The summed E-state index contributed by atoms with van der Waals surface area (Å²) in [6.45, 7) is 0.363. The van der Waals surface area contributed by atoms with E-state index in [-0.39, 0.29) is 6.42 Å². The molecule has 32 heavy (non-hydrogen) atoms. The zero-order valence-electron chi connectivity index (χ0n) is 17.4. The van der Waals surface area contributed by atoms with Gasteiger partial charge in [-0.2, -0.15) is 5.10 Å². The molecule has 7 nitrogen and oxygen atoms in total. The largest absolute Gasteiger partial charge is 0.497 e. The molecule has 0 aliphatic rings. The van der Waals surface area contributed by atoms with Gasteiger partial charge in [0.25, 0.3) is 0 Å². The number of rotatable bonds is 9. The van der Waals surface area contributed by atoms with E-state index in [0.29, 0.717) is 28.8 Å². The van der Waals surface area contributed by atoms with Crippen LogP contribution in [0.2, 0.25) is 5.02 Å². The van der Waals surface area contributed by atoms with E-state index in [0.717, 1.165) is 11.1 Å². The number of carbonyl (C=O) groups excluding carboxylic acids is 2. The van der Waals surface area contributed by atoms with Gasteiger partial charge in [0.1, 0.15) is 24.5 Å². The van der Waals surface area contributed by atoms with Gasteiger partial charge in [-0.3, -0.25) is 9.59 Å². The van der Waals surface area contributed by atoms with Crippen LogP contribution in [-0.2, 0) is 16.2 Å². The van der Waals surface area contributed by atoms with Gasteiger partial charge in [0.15, 0.2) is 0 Å². The summed E-state index contributed by atoms with van der Waals surface area (Å²) in [4.78, 5) is 23.9. The highest BCUT2D eigenvalue weighted by molar-refractivity contribution is 6.31. The summed E-state index contributed by atoms with van der Waals surface area (Å²) < 4.78 is 10.8. The second kappa shape index (κ2) is 11.5. The molecule has 3 aromatic rings. The number of benzene rings is 3. The molecular weight excluding hydrogens is 430 g/mol. The molecule has 0 unspecified atom stereocenters. The molecule has 164 valence electrons. The van der Waals surface area contributed by atoms with Crippen LogP contribution in [0.25, 0.3) is 0 Å². The van der Waals surface area contributed by atoms with Crippen LogP contribution in [-0.4, -0.2) is 25.1 Å². The standard InChI is InChI=1S/C24H22ClN3O4/c1-31-20-12-8-19(9-13-20)27-23(29)14-24(30)28-26-15-17-6-10-21(11-7-17)32-16-18-4-2-3-5-22(18)25/h2-13,15H,14,16H2,1H3,(H,27,29)(H,28,30). The van der Waals surface area contributed by atoms with Crippen molar-refractivity contribution in [3.63, 3.8) is 0 Å². The van der Waals surface area contributed by atoms with E-state index < -0.39 is 11.8 Å². The zero-order valence-corrected chi connectivity index (χ0v) is 18.1. The second-order valence-corrected chi connectivity index (χ2v) is 7.10. The Hall–Kier alpha value is -3.84. The van der Waals surface area contributed by atoms with E-state index in [4.69, 9.17) is 21.1 Å². The van der Waals surface area contributed by atoms with Crippen LogP contribution in [0.3, 0.4) is 0 Å². The van der Waals surface area contributed by atoms with Crippen molar-refractivity contribution in [1.82, 2.24) is 5.43 Å². The molecule has 0 aliphatic heterocycles. The maximum Gasteiger partial charge on any atom is 0.249 e. The Kier molecular flexibility index (Phi) is 8.22. The monoisotopic (exact) mass is 451 g/mol. The molecule has 0 aromatic heterocycles. The Morgan fingerprint density at radius 1 is 0.938 bits per heavy atom. The number of anilines is 1. The summed E-state index contributed by atoms with van der Waals surface area (Å²) in [5.74, 6) is 0.395. The maximum atomic E-state index is 12.0. The first-order valence-electron chi connectivity index (χ1n) is 9.75. The van der Waals surface area contributed by atoms with Crippen molar-refractivity contribution in [2.45, 2.75) is 13.0 Å². The summed E-state index contributed by atoms with van der Waals surface area (Å²) in [6.07, 6.45) is 1.13. The van der Waals surface area contributed by atoms with Gasteiger partial charge in [-0.1, -0.05) is 29.8 Å². The molecule has 2 N–H and O–H groups in total. The van der Waals surface area contributed by atoms with Crippen LogP contribution in [0.5, 0.6) is 11.5 Å². The van der Waals surface area contributed by atoms with Gasteiger partial charge >= 0.3 is 0 Å². The van der Waals surface area contributed by atoms with Crippen LogP contribution >= 0.6 is 11.6 Å². The fraction of sp³-hybridized carbons (Fsp3) is 0.125. The van der Waals surface area contributed by atoms with Crippen LogP contribution in [0, 0.1) is 0 Å². The third kappa shape index (κ3) is 7.14. The minimum absolute atomic E-state index is 0.349. The number of ether oxygens (including phenoxy) is 2. The number of amides is 2. The second-order valence-electron chi connectivity index (χ2n) is 6.70. The number of nitrogens with zero attached hydrogens (tertiary/aromatic N) is 1. The Labute approximate surface area is 191 Å². The topological polar surface area (TPSA) is 89.0 Å².